The summed E-state index contributed by atoms with van der Waals surface area (Å²) in [5, 5.41) is 1.96. The Morgan fingerprint density at radius 1 is 1.04 bits per heavy atom. The first kappa shape index (κ1) is 26.8. The van der Waals surface area contributed by atoms with E-state index in [9.17, 15) is 0 Å². The lowest BCUT2D eigenvalue weighted by Gasteiger charge is -2.25. The van der Waals surface area contributed by atoms with E-state index in [-0.39, 0.29) is 0 Å². The van der Waals surface area contributed by atoms with Crippen LogP contribution in [0.4, 0.5) is 0 Å². The minimum Gasteiger partial charge on any atom is -0.311 e. The van der Waals surface area contributed by atoms with Gasteiger partial charge in [-0.15, -0.1) is 5.92 Å². The lowest BCUT2D eigenvalue weighted by atomic mass is 9.95. The highest BCUT2D eigenvalue weighted by Gasteiger charge is 2.12. The van der Waals surface area contributed by atoms with Gasteiger partial charge in [0.1, 0.15) is 0 Å². The highest BCUT2D eigenvalue weighted by atomic mass is 15.4. The maximum absolute atomic E-state index is 6.49. The summed E-state index contributed by atoms with van der Waals surface area (Å²) in [6.07, 6.45) is 12.9. The van der Waals surface area contributed by atoms with Crippen LogP contribution in [0.1, 0.15) is 92.4 Å². The molecule has 0 aliphatic rings. The smallest absolute Gasteiger partial charge is 0.0521 e. The van der Waals surface area contributed by atoms with E-state index < -0.39 is 0 Å². The van der Waals surface area contributed by atoms with Crippen LogP contribution in [0, 0.1) is 17.8 Å². The van der Waals surface area contributed by atoms with Gasteiger partial charge in [0, 0.05) is 12.1 Å². The van der Waals surface area contributed by atoms with Gasteiger partial charge in [-0.1, -0.05) is 50.7 Å². The van der Waals surface area contributed by atoms with Gasteiger partial charge in [0.15, 0.2) is 0 Å². The molecular formula is C25H47N3. The Morgan fingerprint density at radius 2 is 1.71 bits per heavy atom. The molecule has 3 heteroatoms. The number of hydrogen-bond donors (Lipinski definition) is 1. The average Bonchev–Trinajstić information content (AvgIpc) is 2.67. The third-order valence-corrected chi connectivity index (χ3v) is 5.63. The van der Waals surface area contributed by atoms with Crippen molar-refractivity contribution in [1.29, 1.82) is 0 Å². The quantitative estimate of drug-likeness (QED) is 0.120. The van der Waals surface area contributed by atoms with Crippen LogP contribution in [0.25, 0.3) is 0 Å². The van der Waals surface area contributed by atoms with Gasteiger partial charge in [0.2, 0.25) is 0 Å². The van der Waals surface area contributed by atoms with Crippen LogP contribution in [0.3, 0.4) is 0 Å². The Hall–Kier alpha value is -1.24. The van der Waals surface area contributed by atoms with Crippen molar-refractivity contribution in [3.8, 4) is 11.8 Å². The molecule has 0 heterocycles. The molecule has 0 aliphatic heterocycles. The molecule has 2 N–H and O–H groups in total. The fourth-order valence-electron chi connectivity index (χ4n) is 3.44. The summed E-state index contributed by atoms with van der Waals surface area (Å²) in [5.41, 5.74) is 4.05. The highest BCUT2D eigenvalue weighted by Crippen LogP contribution is 2.23. The van der Waals surface area contributed by atoms with E-state index in [4.69, 9.17) is 5.84 Å². The number of unbranched alkanes of at least 4 members (excludes halogenated alkanes) is 2. The minimum atomic E-state index is 0.785. The van der Waals surface area contributed by atoms with Gasteiger partial charge in [-0.25, -0.2) is 5.84 Å². The molecule has 0 unspecified atom stereocenters. The summed E-state index contributed by atoms with van der Waals surface area (Å²) in [5.74, 6) is 13.5. The Morgan fingerprint density at radius 3 is 2.29 bits per heavy atom. The zero-order valence-electron chi connectivity index (χ0n) is 19.9. The Labute approximate surface area is 176 Å². The number of allylic oxidation sites excluding steroid dienone is 3. The predicted molar refractivity (Wildman–Crippen MR) is 126 cm³/mol. The van der Waals surface area contributed by atoms with E-state index in [0.717, 1.165) is 25.3 Å². The zero-order chi connectivity index (χ0) is 21.4. The first-order valence-corrected chi connectivity index (χ1v) is 11.3. The maximum atomic E-state index is 6.49. The van der Waals surface area contributed by atoms with Crippen LogP contribution < -0.4 is 5.84 Å². The molecule has 0 aromatic carbocycles. The molecule has 162 valence electrons. The summed E-state index contributed by atoms with van der Waals surface area (Å²) in [7, 11) is 4.28. The van der Waals surface area contributed by atoms with Crippen LogP contribution in [-0.4, -0.2) is 37.1 Å². The van der Waals surface area contributed by atoms with E-state index >= 15 is 0 Å². The van der Waals surface area contributed by atoms with Crippen molar-refractivity contribution in [2.75, 3.05) is 27.2 Å². The molecule has 0 aromatic heterocycles. The van der Waals surface area contributed by atoms with Gasteiger partial charge in [-0.05, 0) is 85.0 Å². The second-order valence-electron chi connectivity index (χ2n) is 8.37. The summed E-state index contributed by atoms with van der Waals surface area (Å²) < 4.78 is 0. The highest BCUT2D eigenvalue weighted by molar-refractivity contribution is 5.18. The van der Waals surface area contributed by atoms with Crippen molar-refractivity contribution in [1.82, 2.24) is 9.91 Å². The molecule has 0 fully saturated rings. The van der Waals surface area contributed by atoms with Crippen molar-refractivity contribution in [2.45, 2.75) is 92.4 Å². The van der Waals surface area contributed by atoms with Crippen LogP contribution in [-0.2, 0) is 0 Å². The molecule has 0 spiro atoms. The van der Waals surface area contributed by atoms with Crippen molar-refractivity contribution < 1.29 is 0 Å². The molecule has 3 nitrogen and oxygen atoms in total. The monoisotopic (exact) mass is 389 g/mol. The molecule has 0 atom stereocenters. The van der Waals surface area contributed by atoms with Crippen LogP contribution in [0.2, 0.25) is 0 Å². The SMILES string of the molecule is CC#CC/C(C)=C(\CCC(CC)CC)N(N)C/C=C(\C)CCCCCN(C)C. The third kappa shape index (κ3) is 13.0. The van der Waals surface area contributed by atoms with Gasteiger partial charge in [0.25, 0.3) is 0 Å². The molecule has 28 heavy (non-hydrogen) atoms. The molecule has 0 saturated heterocycles. The van der Waals surface area contributed by atoms with E-state index in [1.165, 1.54) is 68.3 Å². The summed E-state index contributed by atoms with van der Waals surface area (Å²) in [6, 6.07) is 0. The van der Waals surface area contributed by atoms with E-state index in [0.29, 0.717) is 0 Å². The number of nitrogens with two attached hydrogens (primary N) is 1. The summed E-state index contributed by atoms with van der Waals surface area (Å²) in [6.45, 7) is 12.9. The number of hydrazine groups is 1. The molecule has 0 radical (unpaired) electrons. The molecule has 0 saturated carbocycles. The van der Waals surface area contributed by atoms with Crippen LogP contribution >= 0.6 is 0 Å². The molecule has 0 bridgehead atoms. The summed E-state index contributed by atoms with van der Waals surface area (Å²) in [4.78, 5) is 2.26. The second-order valence-corrected chi connectivity index (χ2v) is 8.37. The zero-order valence-corrected chi connectivity index (χ0v) is 19.9. The van der Waals surface area contributed by atoms with Crippen LogP contribution in [0.5, 0.6) is 0 Å². The fraction of sp³-hybridized carbons (Fsp3) is 0.760. The number of rotatable bonds is 15. The van der Waals surface area contributed by atoms with Gasteiger partial charge in [-0.2, -0.15) is 0 Å². The van der Waals surface area contributed by atoms with Crippen molar-refractivity contribution in [3.05, 3.63) is 22.9 Å². The number of nitrogens with zero attached hydrogens (tertiary/aromatic N) is 2. The van der Waals surface area contributed by atoms with E-state index in [2.05, 4.69) is 64.6 Å². The lowest BCUT2D eigenvalue weighted by molar-refractivity contribution is 0.352. The second kappa shape index (κ2) is 16.7. The number of hydrogen-bond acceptors (Lipinski definition) is 3. The van der Waals surface area contributed by atoms with Gasteiger partial charge in [-0.3, -0.25) is 0 Å². The largest absolute Gasteiger partial charge is 0.311 e. The average molecular weight is 390 g/mol. The predicted octanol–water partition coefficient (Wildman–Crippen LogP) is 6.13. The lowest BCUT2D eigenvalue weighted by Crippen LogP contribution is -2.31. The van der Waals surface area contributed by atoms with E-state index in [1.807, 2.05) is 11.9 Å². The molecule has 0 amide bonds. The fourth-order valence-corrected chi connectivity index (χ4v) is 3.44. The van der Waals surface area contributed by atoms with Gasteiger partial charge in [0.05, 0.1) is 6.54 Å². The Bertz CT molecular complexity index is 516. The van der Waals surface area contributed by atoms with Gasteiger partial charge >= 0.3 is 0 Å². The normalized spacial score (nSPS) is 12.9. The Kier molecular flexibility index (Phi) is 16.0. The Balaban J connectivity index is 4.75. The van der Waals surface area contributed by atoms with Crippen molar-refractivity contribution >= 4 is 0 Å². The topological polar surface area (TPSA) is 32.5 Å². The minimum absolute atomic E-state index is 0.785. The van der Waals surface area contributed by atoms with Gasteiger partial charge < -0.3 is 9.91 Å². The standard InChI is InChI=1S/C25H47N3/c1-8-11-16-23(5)25(18-17-24(9-2)10-3)28(26)21-19-22(4)15-13-12-14-20-27(6)7/h19,24H,9-10,12-18,20-21,26H2,1-7H3/b22-19+,25-23+. The van der Waals surface area contributed by atoms with E-state index in [1.54, 1.807) is 0 Å². The first-order chi connectivity index (χ1) is 13.3. The molecule has 0 aromatic rings. The summed E-state index contributed by atoms with van der Waals surface area (Å²) >= 11 is 0. The molecule has 0 rings (SSSR count). The van der Waals surface area contributed by atoms with Crippen LogP contribution in [0.15, 0.2) is 22.9 Å². The third-order valence-electron chi connectivity index (χ3n) is 5.63. The first-order valence-electron chi connectivity index (χ1n) is 11.3. The maximum Gasteiger partial charge on any atom is 0.0521 e. The van der Waals surface area contributed by atoms with Crippen molar-refractivity contribution in [2.24, 2.45) is 11.8 Å². The van der Waals surface area contributed by atoms with Crippen molar-refractivity contribution in [3.63, 3.8) is 0 Å². The molecular weight excluding hydrogens is 342 g/mol. The molecule has 0 aliphatic carbocycles.